The molecule has 0 aliphatic carbocycles. The number of likely N-dealkylation sites (N-methyl/N-ethyl adjacent to an activating group) is 2. The molecule has 7 nitrogen and oxygen atoms in total. The van der Waals surface area contributed by atoms with Crippen molar-refractivity contribution < 1.29 is 19.1 Å². The molecule has 0 aromatic heterocycles. The van der Waals surface area contributed by atoms with Crippen LogP contribution in [0.3, 0.4) is 0 Å². The number of hydrogen-bond donors (Lipinski definition) is 1. The van der Waals surface area contributed by atoms with Gasteiger partial charge in [0.1, 0.15) is 11.5 Å². The molecule has 0 bridgehead atoms. The number of rotatable bonds is 9. The maximum Gasteiger partial charge on any atom is 0.238 e. The zero-order valence-electron chi connectivity index (χ0n) is 17.1. The number of benzene rings is 2. The van der Waals surface area contributed by atoms with E-state index in [1.54, 1.807) is 49.2 Å². The minimum atomic E-state index is -0.265. The molecule has 2 rings (SSSR count). The minimum Gasteiger partial charge on any atom is -0.497 e. The molecule has 29 heavy (non-hydrogen) atoms. The molecule has 0 heterocycles. The standard InChI is InChI=1S/C21H26ClN3O4/c1-24(13-20(26)23-18-11-16(22)7-10-19(18)29-4)14-21(27)25(2)12-15-5-8-17(28-3)9-6-15/h5-11H,12-14H2,1-4H3,(H,23,26). The lowest BCUT2D eigenvalue weighted by Crippen LogP contribution is -2.39. The first-order valence-corrected chi connectivity index (χ1v) is 9.39. The number of nitrogens with zero attached hydrogens (tertiary/aromatic N) is 2. The summed E-state index contributed by atoms with van der Waals surface area (Å²) in [5, 5.41) is 3.25. The topological polar surface area (TPSA) is 71.1 Å². The number of methoxy groups -OCH3 is 2. The molecule has 0 spiro atoms. The van der Waals surface area contributed by atoms with Crippen molar-refractivity contribution in [3.63, 3.8) is 0 Å². The fraction of sp³-hybridized carbons (Fsp3) is 0.333. The van der Waals surface area contributed by atoms with Gasteiger partial charge in [0.2, 0.25) is 11.8 Å². The SMILES string of the molecule is COc1ccc(CN(C)C(=O)CN(C)CC(=O)Nc2cc(Cl)ccc2OC)cc1. The number of hydrogen-bond acceptors (Lipinski definition) is 5. The lowest BCUT2D eigenvalue weighted by atomic mass is 10.2. The fourth-order valence-electron chi connectivity index (χ4n) is 2.71. The molecule has 0 aliphatic heterocycles. The Bertz CT molecular complexity index is 842. The summed E-state index contributed by atoms with van der Waals surface area (Å²) in [6.45, 7) is 0.646. The van der Waals surface area contributed by atoms with E-state index in [0.717, 1.165) is 11.3 Å². The summed E-state index contributed by atoms with van der Waals surface area (Å²) < 4.78 is 10.4. The highest BCUT2D eigenvalue weighted by Gasteiger charge is 2.16. The molecule has 0 saturated carbocycles. The van der Waals surface area contributed by atoms with Gasteiger partial charge in [0.15, 0.2) is 0 Å². The Balaban J connectivity index is 1.85. The van der Waals surface area contributed by atoms with Crippen molar-refractivity contribution in [2.45, 2.75) is 6.54 Å². The van der Waals surface area contributed by atoms with Crippen LogP contribution in [0.1, 0.15) is 5.56 Å². The van der Waals surface area contributed by atoms with Gasteiger partial charge in [0.25, 0.3) is 0 Å². The first-order chi connectivity index (χ1) is 13.8. The summed E-state index contributed by atoms with van der Waals surface area (Å²) in [6, 6.07) is 12.5. The number of halogens is 1. The van der Waals surface area contributed by atoms with Crippen LogP contribution in [0, 0.1) is 0 Å². The van der Waals surface area contributed by atoms with Crippen LogP contribution in [-0.4, -0.2) is 63.0 Å². The Labute approximate surface area is 176 Å². The van der Waals surface area contributed by atoms with Crippen LogP contribution in [0.25, 0.3) is 0 Å². The third kappa shape index (κ3) is 6.96. The molecule has 0 atom stereocenters. The normalized spacial score (nSPS) is 10.6. The number of anilines is 1. The Hall–Kier alpha value is -2.77. The fourth-order valence-corrected chi connectivity index (χ4v) is 2.89. The van der Waals surface area contributed by atoms with Gasteiger partial charge in [0, 0.05) is 18.6 Å². The third-order valence-electron chi connectivity index (χ3n) is 4.26. The van der Waals surface area contributed by atoms with Gasteiger partial charge >= 0.3 is 0 Å². The van der Waals surface area contributed by atoms with Crippen molar-refractivity contribution in [3.8, 4) is 11.5 Å². The Morgan fingerprint density at radius 3 is 2.31 bits per heavy atom. The highest BCUT2D eigenvalue weighted by Crippen LogP contribution is 2.27. The van der Waals surface area contributed by atoms with E-state index in [0.29, 0.717) is 23.0 Å². The van der Waals surface area contributed by atoms with E-state index < -0.39 is 0 Å². The minimum absolute atomic E-state index is 0.0534. The number of carbonyl (C=O) groups excluding carboxylic acids is 2. The van der Waals surface area contributed by atoms with Gasteiger partial charge in [-0.2, -0.15) is 0 Å². The summed E-state index contributed by atoms with van der Waals surface area (Å²) >= 11 is 5.98. The van der Waals surface area contributed by atoms with E-state index in [4.69, 9.17) is 21.1 Å². The highest BCUT2D eigenvalue weighted by molar-refractivity contribution is 6.31. The third-order valence-corrected chi connectivity index (χ3v) is 4.49. The molecule has 1 N–H and O–H groups in total. The number of ether oxygens (including phenoxy) is 2. The second-order valence-corrected chi connectivity index (χ2v) is 7.10. The molecule has 0 unspecified atom stereocenters. The zero-order valence-corrected chi connectivity index (χ0v) is 17.8. The smallest absolute Gasteiger partial charge is 0.238 e. The van der Waals surface area contributed by atoms with Crippen molar-refractivity contribution in [1.82, 2.24) is 9.80 Å². The van der Waals surface area contributed by atoms with Crippen molar-refractivity contribution in [2.24, 2.45) is 0 Å². The lowest BCUT2D eigenvalue weighted by molar-refractivity contribution is -0.131. The van der Waals surface area contributed by atoms with Gasteiger partial charge < -0.3 is 19.7 Å². The number of carbonyl (C=O) groups is 2. The van der Waals surface area contributed by atoms with Crippen LogP contribution >= 0.6 is 11.6 Å². The molecular weight excluding hydrogens is 394 g/mol. The Morgan fingerprint density at radius 1 is 1.00 bits per heavy atom. The van der Waals surface area contributed by atoms with E-state index in [1.807, 2.05) is 24.3 Å². The van der Waals surface area contributed by atoms with Gasteiger partial charge in [-0.15, -0.1) is 0 Å². The molecule has 2 aromatic rings. The molecule has 0 fully saturated rings. The first-order valence-electron chi connectivity index (χ1n) is 9.01. The van der Waals surface area contributed by atoms with Crippen LogP contribution in [0.2, 0.25) is 5.02 Å². The molecule has 2 aromatic carbocycles. The van der Waals surface area contributed by atoms with Crippen LogP contribution in [0.4, 0.5) is 5.69 Å². The van der Waals surface area contributed by atoms with Crippen LogP contribution in [0.5, 0.6) is 11.5 Å². The van der Waals surface area contributed by atoms with E-state index in [2.05, 4.69) is 5.32 Å². The van der Waals surface area contributed by atoms with Gasteiger partial charge in [-0.1, -0.05) is 23.7 Å². The van der Waals surface area contributed by atoms with Gasteiger partial charge in [-0.05, 0) is 42.9 Å². The second-order valence-electron chi connectivity index (χ2n) is 6.66. The molecular formula is C21H26ClN3O4. The maximum absolute atomic E-state index is 12.5. The maximum atomic E-state index is 12.5. The largest absolute Gasteiger partial charge is 0.497 e. The van der Waals surface area contributed by atoms with Gasteiger partial charge in [-0.3, -0.25) is 14.5 Å². The van der Waals surface area contributed by atoms with E-state index in [1.165, 1.54) is 7.11 Å². The average molecular weight is 420 g/mol. The van der Waals surface area contributed by atoms with Crippen LogP contribution in [0.15, 0.2) is 42.5 Å². The van der Waals surface area contributed by atoms with Crippen LogP contribution in [-0.2, 0) is 16.1 Å². The Morgan fingerprint density at radius 2 is 1.69 bits per heavy atom. The highest BCUT2D eigenvalue weighted by atomic mass is 35.5. The molecule has 0 saturated heterocycles. The average Bonchev–Trinajstić information content (AvgIpc) is 2.68. The summed E-state index contributed by atoms with van der Waals surface area (Å²) in [5.74, 6) is 0.931. The van der Waals surface area contributed by atoms with Crippen LogP contribution < -0.4 is 14.8 Å². The van der Waals surface area contributed by atoms with Crippen molar-refractivity contribution in [3.05, 3.63) is 53.1 Å². The van der Waals surface area contributed by atoms with E-state index in [9.17, 15) is 9.59 Å². The number of amides is 2. The molecule has 156 valence electrons. The molecule has 8 heteroatoms. The summed E-state index contributed by atoms with van der Waals surface area (Å²) in [4.78, 5) is 28.0. The van der Waals surface area contributed by atoms with Crippen molar-refractivity contribution >= 4 is 29.1 Å². The predicted molar refractivity (Wildman–Crippen MR) is 114 cm³/mol. The second kappa shape index (κ2) is 10.7. The summed E-state index contributed by atoms with van der Waals surface area (Å²) in [7, 11) is 6.58. The molecule has 2 amide bonds. The Kier molecular flexibility index (Phi) is 8.30. The lowest BCUT2D eigenvalue weighted by Gasteiger charge is -2.22. The molecule has 0 aliphatic rings. The van der Waals surface area contributed by atoms with E-state index >= 15 is 0 Å². The summed E-state index contributed by atoms with van der Waals surface area (Å²) in [5.41, 5.74) is 1.48. The summed E-state index contributed by atoms with van der Waals surface area (Å²) in [6.07, 6.45) is 0. The first kappa shape index (κ1) is 22.5. The van der Waals surface area contributed by atoms with Crippen molar-refractivity contribution in [1.29, 1.82) is 0 Å². The quantitative estimate of drug-likeness (QED) is 0.676. The van der Waals surface area contributed by atoms with E-state index in [-0.39, 0.29) is 24.9 Å². The van der Waals surface area contributed by atoms with Gasteiger partial charge in [-0.25, -0.2) is 0 Å². The monoisotopic (exact) mass is 419 g/mol. The number of nitrogens with one attached hydrogen (secondary N) is 1. The zero-order chi connectivity index (χ0) is 21.4. The predicted octanol–water partition coefficient (Wildman–Crippen LogP) is 2.89. The van der Waals surface area contributed by atoms with Crippen molar-refractivity contribution in [2.75, 3.05) is 46.7 Å². The molecule has 0 radical (unpaired) electrons. The van der Waals surface area contributed by atoms with Gasteiger partial charge in [0.05, 0.1) is 33.0 Å².